The average Bonchev–Trinajstić information content (AvgIpc) is 2.34. The standard InChI is InChI=1S/C6H6OS3/c8-6(9)10-4-5-2-1-3-7-5/h1-3H,4H2,(H,8,9). The van der Waals surface area contributed by atoms with E-state index in [1.165, 1.54) is 11.8 Å². The largest absolute Gasteiger partial charge is 0.468 e. The van der Waals surface area contributed by atoms with E-state index in [0.29, 0.717) is 3.53 Å². The Labute approximate surface area is 74.6 Å². The van der Waals surface area contributed by atoms with E-state index in [0.717, 1.165) is 11.5 Å². The van der Waals surface area contributed by atoms with E-state index in [-0.39, 0.29) is 0 Å². The first-order chi connectivity index (χ1) is 4.79. The van der Waals surface area contributed by atoms with Gasteiger partial charge in [0.1, 0.15) is 9.29 Å². The number of rotatable bonds is 2. The van der Waals surface area contributed by atoms with E-state index in [2.05, 4.69) is 12.6 Å². The summed E-state index contributed by atoms with van der Waals surface area (Å²) in [4.78, 5) is 0. The first-order valence-electron chi connectivity index (χ1n) is 2.67. The van der Waals surface area contributed by atoms with Gasteiger partial charge in [-0.1, -0.05) is 24.0 Å². The van der Waals surface area contributed by atoms with Crippen molar-refractivity contribution in [2.75, 3.05) is 0 Å². The number of furan rings is 1. The van der Waals surface area contributed by atoms with Crippen molar-refractivity contribution < 1.29 is 4.42 Å². The van der Waals surface area contributed by atoms with Crippen molar-refractivity contribution in [2.24, 2.45) is 0 Å². The lowest BCUT2D eigenvalue weighted by atomic mass is 10.5. The summed E-state index contributed by atoms with van der Waals surface area (Å²) in [6, 6.07) is 3.77. The molecule has 1 heterocycles. The van der Waals surface area contributed by atoms with Crippen LogP contribution >= 0.6 is 36.6 Å². The van der Waals surface area contributed by atoms with Crippen LogP contribution in [0.4, 0.5) is 0 Å². The summed E-state index contributed by atoms with van der Waals surface area (Å²) in [5, 5.41) is 0. The Bertz CT molecular complexity index is 205. The number of hydrogen-bond acceptors (Lipinski definition) is 3. The molecule has 0 N–H and O–H groups in total. The van der Waals surface area contributed by atoms with Crippen LogP contribution in [0.25, 0.3) is 0 Å². The van der Waals surface area contributed by atoms with Crippen LogP contribution in [0, 0.1) is 0 Å². The summed E-state index contributed by atoms with van der Waals surface area (Å²) in [6.45, 7) is 0. The maximum Gasteiger partial charge on any atom is 0.114 e. The zero-order valence-corrected chi connectivity index (χ0v) is 7.64. The van der Waals surface area contributed by atoms with Gasteiger partial charge in [-0.05, 0) is 12.1 Å². The maximum absolute atomic E-state index is 5.07. The van der Waals surface area contributed by atoms with Crippen LogP contribution in [-0.2, 0) is 5.75 Å². The fraction of sp³-hybridized carbons (Fsp3) is 0.167. The first-order valence-corrected chi connectivity index (χ1v) is 4.51. The van der Waals surface area contributed by atoms with Crippen LogP contribution in [0.1, 0.15) is 5.76 Å². The number of thiocarbonyl (C=S) groups is 1. The second kappa shape index (κ2) is 4.05. The lowest BCUT2D eigenvalue weighted by molar-refractivity contribution is 0.530. The molecule has 0 radical (unpaired) electrons. The van der Waals surface area contributed by atoms with Gasteiger partial charge in [-0.3, -0.25) is 0 Å². The Morgan fingerprint density at radius 2 is 2.60 bits per heavy atom. The van der Waals surface area contributed by atoms with Gasteiger partial charge in [0.15, 0.2) is 0 Å². The maximum atomic E-state index is 5.07. The molecule has 1 nitrogen and oxygen atoms in total. The summed E-state index contributed by atoms with van der Waals surface area (Å²) < 4.78 is 5.72. The van der Waals surface area contributed by atoms with Crippen molar-refractivity contribution >= 4 is 40.1 Å². The molecule has 1 rings (SSSR count). The normalized spacial score (nSPS) is 9.70. The van der Waals surface area contributed by atoms with Gasteiger partial charge < -0.3 is 4.42 Å². The van der Waals surface area contributed by atoms with Crippen LogP contribution in [-0.4, -0.2) is 3.53 Å². The molecular formula is C6H6OS3. The van der Waals surface area contributed by atoms with Crippen molar-refractivity contribution in [2.45, 2.75) is 5.75 Å². The van der Waals surface area contributed by atoms with Crippen LogP contribution in [0.3, 0.4) is 0 Å². The molecule has 1 aromatic heterocycles. The zero-order valence-electron chi connectivity index (χ0n) is 5.11. The molecule has 4 heteroatoms. The van der Waals surface area contributed by atoms with Crippen LogP contribution < -0.4 is 0 Å². The van der Waals surface area contributed by atoms with E-state index < -0.39 is 0 Å². The molecule has 1 aromatic rings. The predicted molar refractivity (Wildman–Crippen MR) is 51.6 cm³/mol. The Kier molecular flexibility index (Phi) is 3.31. The van der Waals surface area contributed by atoms with Gasteiger partial charge in [0, 0.05) is 0 Å². The molecule has 0 saturated carbocycles. The fourth-order valence-electron chi connectivity index (χ4n) is 0.528. The van der Waals surface area contributed by atoms with Crippen LogP contribution in [0.2, 0.25) is 0 Å². The molecule has 0 aromatic carbocycles. The third kappa shape index (κ3) is 2.77. The predicted octanol–water partition coefficient (Wildman–Crippen LogP) is 2.73. The van der Waals surface area contributed by atoms with Gasteiger partial charge in [-0.2, -0.15) is 0 Å². The fourth-order valence-corrected chi connectivity index (χ4v) is 1.33. The number of hydrogen-bond donors (Lipinski definition) is 1. The third-order valence-corrected chi connectivity index (χ3v) is 2.33. The third-order valence-electron chi connectivity index (χ3n) is 0.918. The van der Waals surface area contributed by atoms with Gasteiger partial charge in [-0.25, -0.2) is 0 Å². The highest BCUT2D eigenvalue weighted by Crippen LogP contribution is 2.15. The summed E-state index contributed by atoms with van der Waals surface area (Å²) in [6.07, 6.45) is 1.65. The van der Waals surface area contributed by atoms with Gasteiger partial charge in [0.05, 0.1) is 12.0 Å². The highest BCUT2D eigenvalue weighted by Gasteiger charge is 1.95. The lowest BCUT2D eigenvalue weighted by Gasteiger charge is -1.91. The van der Waals surface area contributed by atoms with Crippen LogP contribution in [0.15, 0.2) is 22.8 Å². The second-order valence-electron chi connectivity index (χ2n) is 1.63. The van der Waals surface area contributed by atoms with Gasteiger partial charge >= 0.3 is 0 Å². The van der Waals surface area contributed by atoms with Crippen molar-refractivity contribution in [3.05, 3.63) is 24.2 Å². The smallest absolute Gasteiger partial charge is 0.114 e. The quantitative estimate of drug-likeness (QED) is 0.569. The number of thioether (sulfide) groups is 1. The van der Waals surface area contributed by atoms with E-state index in [9.17, 15) is 0 Å². The molecule has 0 aliphatic rings. The molecule has 0 fully saturated rings. The molecule has 10 heavy (non-hydrogen) atoms. The van der Waals surface area contributed by atoms with E-state index in [4.69, 9.17) is 16.6 Å². The topological polar surface area (TPSA) is 13.1 Å². The van der Waals surface area contributed by atoms with Gasteiger partial charge in [-0.15, -0.1) is 12.6 Å². The van der Waals surface area contributed by atoms with Crippen molar-refractivity contribution in [3.63, 3.8) is 0 Å². The van der Waals surface area contributed by atoms with Crippen LogP contribution in [0.5, 0.6) is 0 Å². The molecule has 0 unspecified atom stereocenters. The minimum absolute atomic E-state index is 0.649. The molecule has 0 saturated heterocycles. The molecule has 0 spiro atoms. The SMILES string of the molecule is S=C(S)SCc1ccco1. The molecule has 0 amide bonds. The van der Waals surface area contributed by atoms with Crippen molar-refractivity contribution in [1.29, 1.82) is 0 Å². The lowest BCUT2D eigenvalue weighted by Crippen LogP contribution is -1.76. The monoisotopic (exact) mass is 190 g/mol. The highest BCUT2D eigenvalue weighted by atomic mass is 32.2. The van der Waals surface area contributed by atoms with Gasteiger partial charge in [0.25, 0.3) is 0 Å². The Morgan fingerprint density at radius 1 is 1.80 bits per heavy atom. The first kappa shape index (κ1) is 8.17. The molecule has 0 bridgehead atoms. The van der Waals surface area contributed by atoms with E-state index >= 15 is 0 Å². The molecule has 0 aliphatic carbocycles. The zero-order chi connectivity index (χ0) is 7.40. The Hall–Kier alpha value is 0.0700. The summed E-state index contributed by atoms with van der Waals surface area (Å²) in [7, 11) is 0. The molecule has 0 aliphatic heterocycles. The van der Waals surface area contributed by atoms with Crippen molar-refractivity contribution in [3.8, 4) is 0 Å². The van der Waals surface area contributed by atoms with E-state index in [1.54, 1.807) is 6.26 Å². The van der Waals surface area contributed by atoms with Crippen molar-refractivity contribution in [1.82, 2.24) is 0 Å². The number of thiol groups is 1. The highest BCUT2D eigenvalue weighted by molar-refractivity contribution is 8.41. The molecule has 54 valence electrons. The molecule has 0 atom stereocenters. The summed E-state index contributed by atoms with van der Waals surface area (Å²) >= 11 is 10.2. The Balaban J connectivity index is 2.35. The summed E-state index contributed by atoms with van der Waals surface area (Å²) in [5.41, 5.74) is 0. The summed E-state index contributed by atoms with van der Waals surface area (Å²) in [5.74, 6) is 1.70. The average molecular weight is 190 g/mol. The molecular weight excluding hydrogens is 184 g/mol. The minimum atomic E-state index is 0.649. The Morgan fingerprint density at radius 3 is 3.10 bits per heavy atom. The minimum Gasteiger partial charge on any atom is -0.468 e. The van der Waals surface area contributed by atoms with E-state index in [1.807, 2.05) is 12.1 Å². The second-order valence-corrected chi connectivity index (χ2v) is 4.34. The van der Waals surface area contributed by atoms with Gasteiger partial charge in [0.2, 0.25) is 0 Å².